The van der Waals surface area contributed by atoms with E-state index in [2.05, 4.69) is 15.9 Å². The molecule has 1 N–H and O–H groups in total. The number of hydrogen-bond donors (Lipinski definition) is 1. The van der Waals surface area contributed by atoms with E-state index in [0.717, 1.165) is 0 Å². The molecule has 2 aliphatic rings. The summed E-state index contributed by atoms with van der Waals surface area (Å²) in [6.07, 6.45) is 0. The van der Waals surface area contributed by atoms with Crippen molar-refractivity contribution in [2.24, 2.45) is 0 Å². The molecule has 0 unspecified atom stereocenters. The lowest BCUT2D eigenvalue weighted by Crippen LogP contribution is -2.62. The summed E-state index contributed by atoms with van der Waals surface area (Å²) in [5, 5.41) is 8.99. The van der Waals surface area contributed by atoms with E-state index in [9.17, 15) is 19.5 Å². The number of carbonyl (C=O) groups excluding carboxylic acids is 2. The van der Waals surface area contributed by atoms with Crippen LogP contribution in [-0.2, 0) is 19.1 Å². The van der Waals surface area contributed by atoms with Gasteiger partial charge >= 0.3 is 11.9 Å². The number of carboxylic acid groups (broad SMARTS) is 1. The van der Waals surface area contributed by atoms with Crippen molar-refractivity contribution >= 4 is 45.5 Å². The van der Waals surface area contributed by atoms with Gasteiger partial charge in [0.05, 0.1) is 0 Å². The van der Waals surface area contributed by atoms with E-state index in [1.165, 1.54) is 23.6 Å². The maximum absolute atomic E-state index is 11.7. The van der Waals surface area contributed by atoms with Crippen LogP contribution in [0.25, 0.3) is 0 Å². The molecule has 2 rings (SSSR count). The lowest BCUT2D eigenvalue weighted by Gasteiger charge is -2.47. The summed E-state index contributed by atoms with van der Waals surface area (Å²) in [6, 6.07) is 0. The van der Waals surface area contributed by atoms with E-state index >= 15 is 0 Å². The van der Waals surface area contributed by atoms with Crippen LogP contribution in [0.2, 0.25) is 0 Å². The summed E-state index contributed by atoms with van der Waals surface area (Å²) < 4.78 is 4.81. The molecule has 98 valence electrons. The lowest BCUT2D eigenvalue weighted by molar-refractivity contribution is -0.145. The van der Waals surface area contributed by atoms with E-state index in [1.807, 2.05) is 0 Å². The molecule has 0 radical (unpaired) electrons. The Morgan fingerprint density at radius 1 is 1.61 bits per heavy atom. The highest BCUT2D eigenvalue weighted by Crippen LogP contribution is 2.43. The molecule has 6 nitrogen and oxygen atoms in total. The van der Waals surface area contributed by atoms with Crippen molar-refractivity contribution in [1.29, 1.82) is 0 Å². The van der Waals surface area contributed by atoms with Gasteiger partial charge in [0, 0.05) is 18.2 Å². The number of hydrogen-bond acceptors (Lipinski definition) is 5. The van der Waals surface area contributed by atoms with Crippen LogP contribution < -0.4 is 0 Å². The molecule has 18 heavy (non-hydrogen) atoms. The number of rotatable bonds is 3. The maximum atomic E-state index is 11.7. The monoisotopic (exact) mass is 335 g/mol. The van der Waals surface area contributed by atoms with Gasteiger partial charge in [0.2, 0.25) is 5.91 Å². The summed E-state index contributed by atoms with van der Waals surface area (Å²) in [7, 11) is 0. The molecule has 1 fully saturated rings. The zero-order chi connectivity index (χ0) is 13.4. The first kappa shape index (κ1) is 13.4. The molecule has 1 saturated heterocycles. The average molecular weight is 336 g/mol. The van der Waals surface area contributed by atoms with Crippen LogP contribution in [-0.4, -0.2) is 50.4 Å². The summed E-state index contributed by atoms with van der Waals surface area (Å²) in [5.41, 5.74) is 0.396. The van der Waals surface area contributed by atoms with Crippen LogP contribution in [0.4, 0.5) is 0 Å². The van der Waals surface area contributed by atoms with Crippen LogP contribution in [0.5, 0.6) is 0 Å². The second kappa shape index (κ2) is 4.93. The van der Waals surface area contributed by atoms with Gasteiger partial charge in [-0.15, -0.1) is 11.8 Å². The number of β-lactam (4-membered cyclic amide) rings is 1. The predicted molar refractivity (Wildman–Crippen MR) is 67.1 cm³/mol. The number of halogens is 1. The van der Waals surface area contributed by atoms with Crippen LogP contribution in [0.3, 0.4) is 0 Å². The van der Waals surface area contributed by atoms with E-state index in [1.54, 1.807) is 0 Å². The Hall–Kier alpha value is -1.02. The number of carbonyl (C=O) groups is 3. The van der Waals surface area contributed by atoms with E-state index in [-0.39, 0.29) is 28.4 Å². The molecule has 1 amide bonds. The first-order valence-corrected chi connectivity index (χ1v) is 7.07. The number of alkyl halides is 1. The smallest absolute Gasteiger partial charge is 0.352 e. The number of carboxylic acids is 1. The molecule has 2 atom stereocenters. The van der Waals surface area contributed by atoms with Crippen molar-refractivity contribution in [1.82, 2.24) is 4.90 Å². The standard InChI is InChI=1S/C10H10BrNO5S/c1-4(13)17-2-5-3-18-9-6(11)8(14)12(9)7(5)10(15)16/h6,9H,2-3H2,1H3,(H,15,16)/t6-,9+/m0/s1. The van der Waals surface area contributed by atoms with Gasteiger partial charge in [-0.1, -0.05) is 15.9 Å². The number of amides is 1. The predicted octanol–water partition coefficient (Wildman–Crippen LogP) is 0.567. The SMILES string of the molecule is CC(=O)OCC1=C(C(=O)O)N2C(=O)[C@H](Br)[C@H]2SC1. The number of thioether (sulfide) groups is 1. The number of fused-ring (bicyclic) bond motifs is 1. The summed E-state index contributed by atoms with van der Waals surface area (Å²) >= 11 is 4.66. The van der Waals surface area contributed by atoms with Crippen molar-refractivity contribution in [3.63, 3.8) is 0 Å². The van der Waals surface area contributed by atoms with Crippen molar-refractivity contribution in [2.75, 3.05) is 12.4 Å². The molecule has 0 aliphatic carbocycles. The van der Waals surface area contributed by atoms with Gasteiger partial charge < -0.3 is 9.84 Å². The van der Waals surface area contributed by atoms with Crippen molar-refractivity contribution in [3.8, 4) is 0 Å². The van der Waals surface area contributed by atoms with E-state index in [0.29, 0.717) is 11.3 Å². The Morgan fingerprint density at radius 3 is 2.83 bits per heavy atom. The largest absolute Gasteiger partial charge is 0.477 e. The molecule has 0 spiro atoms. The van der Waals surface area contributed by atoms with Gasteiger partial charge in [0.25, 0.3) is 0 Å². The third-order valence-electron chi connectivity index (χ3n) is 2.63. The fourth-order valence-corrected chi connectivity index (χ4v) is 3.95. The van der Waals surface area contributed by atoms with Crippen LogP contribution in [0.15, 0.2) is 11.3 Å². The van der Waals surface area contributed by atoms with Gasteiger partial charge in [0.1, 0.15) is 22.5 Å². The van der Waals surface area contributed by atoms with E-state index < -0.39 is 11.9 Å². The Bertz CT molecular complexity index is 463. The normalized spacial score (nSPS) is 26.6. The minimum Gasteiger partial charge on any atom is -0.477 e. The van der Waals surface area contributed by atoms with Gasteiger partial charge in [-0.05, 0) is 0 Å². The molecular weight excluding hydrogens is 326 g/mol. The first-order valence-electron chi connectivity index (χ1n) is 5.11. The summed E-state index contributed by atoms with van der Waals surface area (Å²) in [4.78, 5) is 34.5. The molecule has 0 saturated carbocycles. The number of aliphatic carboxylic acids is 1. The van der Waals surface area contributed by atoms with E-state index in [4.69, 9.17) is 4.74 Å². The molecule has 0 aromatic carbocycles. The highest BCUT2D eigenvalue weighted by atomic mass is 79.9. The van der Waals surface area contributed by atoms with Gasteiger partial charge in [-0.2, -0.15) is 0 Å². The Morgan fingerprint density at radius 2 is 2.28 bits per heavy atom. The second-order valence-electron chi connectivity index (χ2n) is 3.85. The minimum absolute atomic E-state index is 0.0549. The molecule has 0 aromatic heterocycles. The van der Waals surface area contributed by atoms with Crippen LogP contribution in [0.1, 0.15) is 6.92 Å². The Balaban J connectivity index is 2.26. The van der Waals surface area contributed by atoms with Crippen molar-refractivity contribution in [2.45, 2.75) is 17.1 Å². The van der Waals surface area contributed by atoms with Gasteiger partial charge in [-0.25, -0.2) is 4.79 Å². The maximum Gasteiger partial charge on any atom is 0.352 e. The molecule has 2 heterocycles. The molecule has 0 aromatic rings. The fourth-order valence-electron chi connectivity index (χ4n) is 1.80. The van der Waals surface area contributed by atoms with Crippen molar-refractivity contribution < 1.29 is 24.2 Å². The lowest BCUT2D eigenvalue weighted by atomic mass is 10.1. The third-order valence-corrected chi connectivity index (χ3v) is 5.22. The Kier molecular flexibility index (Phi) is 3.67. The topological polar surface area (TPSA) is 83.9 Å². The average Bonchev–Trinajstić information content (AvgIpc) is 2.33. The van der Waals surface area contributed by atoms with Crippen LogP contribution in [0, 0.1) is 0 Å². The zero-order valence-electron chi connectivity index (χ0n) is 9.38. The van der Waals surface area contributed by atoms with Gasteiger partial charge in [-0.3, -0.25) is 14.5 Å². The molecule has 0 bridgehead atoms. The highest BCUT2D eigenvalue weighted by Gasteiger charge is 2.52. The minimum atomic E-state index is -1.17. The highest BCUT2D eigenvalue weighted by molar-refractivity contribution is 9.10. The first-order chi connectivity index (χ1) is 8.43. The Labute approximate surface area is 115 Å². The summed E-state index contributed by atoms with van der Waals surface area (Å²) in [5.74, 6) is -1.49. The number of esters is 1. The molecule has 2 aliphatic heterocycles. The van der Waals surface area contributed by atoms with Crippen molar-refractivity contribution in [3.05, 3.63) is 11.3 Å². The summed E-state index contributed by atoms with van der Waals surface area (Å²) in [6.45, 7) is 1.16. The number of ether oxygens (including phenoxy) is 1. The third kappa shape index (κ3) is 2.14. The fraction of sp³-hybridized carbons (Fsp3) is 0.500. The number of nitrogens with zero attached hydrogens (tertiary/aromatic N) is 1. The molecular formula is C10H10BrNO5S. The van der Waals surface area contributed by atoms with Gasteiger partial charge in [0.15, 0.2) is 0 Å². The molecule has 8 heteroatoms. The zero-order valence-corrected chi connectivity index (χ0v) is 11.8. The second-order valence-corrected chi connectivity index (χ2v) is 5.94. The quantitative estimate of drug-likeness (QED) is 0.461. The van der Waals surface area contributed by atoms with Crippen LogP contribution >= 0.6 is 27.7 Å².